The molecule has 2 heteroatoms. The van der Waals surface area contributed by atoms with E-state index in [0.29, 0.717) is 0 Å². The normalized spacial score (nSPS) is 9.93. The standard InChI is InChI=1S/C12H19NO/c1-4-8-13-11-9-10(5-2)6-7-12(11)14-3/h6-7,9,13H,4-5,8H2,1-3H3. The number of benzene rings is 1. The lowest BCUT2D eigenvalue weighted by Gasteiger charge is -2.11. The van der Waals surface area contributed by atoms with Gasteiger partial charge in [-0.05, 0) is 30.5 Å². The predicted octanol–water partition coefficient (Wildman–Crippen LogP) is 3.08. The first kappa shape index (κ1) is 10.9. The maximum Gasteiger partial charge on any atom is 0.141 e. The van der Waals surface area contributed by atoms with E-state index in [1.165, 1.54) is 5.56 Å². The molecule has 0 saturated heterocycles. The predicted molar refractivity (Wildman–Crippen MR) is 61.2 cm³/mol. The highest BCUT2D eigenvalue weighted by Crippen LogP contribution is 2.25. The lowest BCUT2D eigenvalue weighted by molar-refractivity contribution is 0.416. The minimum Gasteiger partial charge on any atom is -0.495 e. The molecule has 0 atom stereocenters. The van der Waals surface area contributed by atoms with Crippen LogP contribution < -0.4 is 10.1 Å². The number of ether oxygens (including phenoxy) is 1. The van der Waals surface area contributed by atoms with E-state index in [1.54, 1.807) is 7.11 Å². The molecule has 0 radical (unpaired) electrons. The van der Waals surface area contributed by atoms with E-state index in [1.807, 2.05) is 6.07 Å². The first-order chi connectivity index (χ1) is 6.81. The molecule has 0 heterocycles. The van der Waals surface area contributed by atoms with Crippen LogP contribution in [0.25, 0.3) is 0 Å². The quantitative estimate of drug-likeness (QED) is 0.776. The van der Waals surface area contributed by atoms with Crippen molar-refractivity contribution in [3.8, 4) is 5.75 Å². The Morgan fingerprint density at radius 3 is 2.64 bits per heavy atom. The van der Waals surface area contributed by atoms with Crippen LogP contribution in [0.3, 0.4) is 0 Å². The molecule has 0 spiro atoms. The Hall–Kier alpha value is -1.18. The van der Waals surface area contributed by atoms with Gasteiger partial charge in [0.1, 0.15) is 5.75 Å². The smallest absolute Gasteiger partial charge is 0.141 e. The lowest BCUT2D eigenvalue weighted by Crippen LogP contribution is -2.02. The molecule has 14 heavy (non-hydrogen) atoms. The molecule has 0 unspecified atom stereocenters. The highest BCUT2D eigenvalue weighted by atomic mass is 16.5. The molecule has 0 bridgehead atoms. The molecule has 0 saturated carbocycles. The Kier molecular flexibility index (Phi) is 4.30. The molecule has 1 aromatic rings. The van der Waals surface area contributed by atoms with Crippen molar-refractivity contribution in [2.45, 2.75) is 26.7 Å². The minimum atomic E-state index is 0.927. The Bertz CT molecular complexity index is 284. The summed E-state index contributed by atoms with van der Waals surface area (Å²) in [6, 6.07) is 6.29. The average molecular weight is 193 g/mol. The van der Waals surface area contributed by atoms with Gasteiger partial charge in [-0.15, -0.1) is 0 Å². The molecule has 1 aromatic carbocycles. The van der Waals surface area contributed by atoms with E-state index in [0.717, 1.165) is 30.8 Å². The maximum atomic E-state index is 5.28. The third-order valence-electron chi connectivity index (χ3n) is 2.24. The Balaban J connectivity index is 2.84. The molecule has 0 aliphatic heterocycles. The van der Waals surface area contributed by atoms with E-state index < -0.39 is 0 Å². The molecule has 0 fully saturated rings. The molecule has 0 aliphatic rings. The summed E-state index contributed by atoms with van der Waals surface area (Å²) in [5.41, 5.74) is 2.44. The fraction of sp³-hybridized carbons (Fsp3) is 0.500. The van der Waals surface area contributed by atoms with Gasteiger partial charge in [-0.25, -0.2) is 0 Å². The average Bonchev–Trinajstić information content (AvgIpc) is 2.25. The lowest BCUT2D eigenvalue weighted by atomic mass is 10.1. The molecular weight excluding hydrogens is 174 g/mol. The van der Waals surface area contributed by atoms with Crippen molar-refractivity contribution in [1.82, 2.24) is 0 Å². The van der Waals surface area contributed by atoms with Crippen molar-refractivity contribution in [2.75, 3.05) is 19.0 Å². The van der Waals surface area contributed by atoms with Crippen molar-refractivity contribution in [3.05, 3.63) is 23.8 Å². The van der Waals surface area contributed by atoms with Crippen LogP contribution in [-0.4, -0.2) is 13.7 Å². The third kappa shape index (κ3) is 2.66. The molecule has 0 aromatic heterocycles. The fourth-order valence-electron chi connectivity index (χ4n) is 1.37. The van der Waals surface area contributed by atoms with Crippen LogP contribution >= 0.6 is 0 Å². The number of methoxy groups -OCH3 is 1. The zero-order valence-electron chi connectivity index (χ0n) is 9.26. The second-order valence-corrected chi connectivity index (χ2v) is 3.31. The van der Waals surface area contributed by atoms with E-state index in [-0.39, 0.29) is 0 Å². The zero-order chi connectivity index (χ0) is 10.4. The van der Waals surface area contributed by atoms with Gasteiger partial charge in [0.05, 0.1) is 12.8 Å². The summed E-state index contributed by atoms with van der Waals surface area (Å²) in [7, 11) is 1.71. The van der Waals surface area contributed by atoms with Crippen LogP contribution in [0.4, 0.5) is 5.69 Å². The van der Waals surface area contributed by atoms with Gasteiger partial charge >= 0.3 is 0 Å². The van der Waals surface area contributed by atoms with Crippen LogP contribution in [0.1, 0.15) is 25.8 Å². The van der Waals surface area contributed by atoms with Gasteiger partial charge in [0, 0.05) is 6.54 Å². The summed E-state index contributed by atoms with van der Waals surface area (Å²) >= 11 is 0. The summed E-state index contributed by atoms with van der Waals surface area (Å²) in [6.07, 6.45) is 2.18. The summed E-state index contributed by atoms with van der Waals surface area (Å²) in [6.45, 7) is 5.30. The number of anilines is 1. The molecule has 78 valence electrons. The van der Waals surface area contributed by atoms with Crippen LogP contribution in [0, 0.1) is 0 Å². The van der Waals surface area contributed by atoms with Crippen LogP contribution in [0.15, 0.2) is 18.2 Å². The second kappa shape index (κ2) is 5.53. The molecule has 0 amide bonds. The monoisotopic (exact) mass is 193 g/mol. The highest BCUT2D eigenvalue weighted by Gasteiger charge is 2.02. The van der Waals surface area contributed by atoms with Crippen LogP contribution in [-0.2, 0) is 6.42 Å². The van der Waals surface area contributed by atoms with Crippen molar-refractivity contribution in [3.63, 3.8) is 0 Å². The zero-order valence-corrected chi connectivity index (χ0v) is 9.26. The van der Waals surface area contributed by atoms with E-state index in [2.05, 4.69) is 31.3 Å². The molecule has 0 aliphatic carbocycles. The number of hydrogen-bond donors (Lipinski definition) is 1. The SMILES string of the molecule is CCCNc1cc(CC)ccc1OC. The number of rotatable bonds is 5. The number of nitrogens with one attached hydrogen (secondary N) is 1. The summed E-state index contributed by atoms with van der Waals surface area (Å²) in [5.74, 6) is 0.927. The van der Waals surface area contributed by atoms with E-state index in [9.17, 15) is 0 Å². The number of hydrogen-bond acceptors (Lipinski definition) is 2. The van der Waals surface area contributed by atoms with E-state index in [4.69, 9.17) is 4.74 Å². The maximum absolute atomic E-state index is 5.28. The Morgan fingerprint density at radius 1 is 1.29 bits per heavy atom. The van der Waals surface area contributed by atoms with Gasteiger partial charge in [0.25, 0.3) is 0 Å². The summed E-state index contributed by atoms with van der Waals surface area (Å²) in [4.78, 5) is 0. The molecule has 1 N–H and O–H groups in total. The van der Waals surface area contributed by atoms with Gasteiger partial charge in [-0.1, -0.05) is 19.9 Å². The first-order valence-corrected chi connectivity index (χ1v) is 5.22. The summed E-state index contributed by atoms with van der Waals surface area (Å²) in [5, 5.41) is 3.36. The minimum absolute atomic E-state index is 0.927. The van der Waals surface area contributed by atoms with Crippen LogP contribution in [0.2, 0.25) is 0 Å². The summed E-state index contributed by atoms with van der Waals surface area (Å²) < 4.78 is 5.28. The van der Waals surface area contributed by atoms with Crippen molar-refractivity contribution < 1.29 is 4.74 Å². The van der Waals surface area contributed by atoms with Crippen molar-refractivity contribution in [1.29, 1.82) is 0 Å². The second-order valence-electron chi connectivity index (χ2n) is 3.31. The Morgan fingerprint density at radius 2 is 2.07 bits per heavy atom. The van der Waals surface area contributed by atoms with Gasteiger partial charge in [0.2, 0.25) is 0 Å². The van der Waals surface area contributed by atoms with Crippen molar-refractivity contribution in [2.24, 2.45) is 0 Å². The topological polar surface area (TPSA) is 21.3 Å². The van der Waals surface area contributed by atoms with Gasteiger partial charge in [-0.2, -0.15) is 0 Å². The first-order valence-electron chi connectivity index (χ1n) is 5.22. The largest absolute Gasteiger partial charge is 0.495 e. The molecule has 1 rings (SSSR count). The van der Waals surface area contributed by atoms with Crippen LogP contribution in [0.5, 0.6) is 5.75 Å². The van der Waals surface area contributed by atoms with Crippen molar-refractivity contribution >= 4 is 5.69 Å². The van der Waals surface area contributed by atoms with E-state index >= 15 is 0 Å². The number of aryl methyl sites for hydroxylation is 1. The molecule has 2 nitrogen and oxygen atoms in total. The third-order valence-corrected chi connectivity index (χ3v) is 2.24. The highest BCUT2D eigenvalue weighted by molar-refractivity contribution is 5.58. The molecular formula is C12H19NO. The van der Waals surface area contributed by atoms with Gasteiger partial charge in [-0.3, -0.25) is 0 Å². The van der Waals surface area contributed by atoms with Gasteiger partial charge < -0.3 is 10.1 Å². The fourth-order valence-corrected chi connectivity index (χ4v) is 1.37. The van der Waals surface area contributed by atoms with Gasteiger partial charge in [0.15, 0.2) is 0 Å². The Labute approximate surface area is 86.3 Å².